The minimum absolute atomic E-state index is 0.165. The van der Waals surface area contributed by atoms with E-state index in [4.69, 9.17) is 9.47 Å². The summed E-state index contributed by atoms with van der Waals surface area (Å²) in [7, 11) is 0. The molecule has 1 heterocycles. The third-order valence-corrected chi connectivity index (χ3v) is 19.6. The topological polar surface area (TPSA) is 149 Å². The van der Waals surface area contributed by atoms with Gasteiger partial charge in [-0.1, -0.05) is 418 Å². The highest BCUT2D eigenvalue weighted by Crippen LogP contribution is 2.24. The molecule has 88 heavy (non-hydrogen) atoms. The molecule has 0 saturated carbocycles. The smallest absolute Gasteiger partial charge is 0.220 e. The Morgan fingerprint density at radius 2 is 0.625 bits per heavy atom. The molecule has 0 aromatic carbocycles. The number of hydrogen-bond acceptors (Lipinski definition) is 8. The number of unbranched alkanes of at least 4 members (excludes halogenated alkanes) is 62. The molecule has 0 bridgehead atoms. The second kappa shape index (κ2) is 68.8. The lowest BCUT2D eigenvalue weighted by Gasteiger charge is -2.40. The zero-order valence-electron chi connectivity index (χ0n) is 59.0. The number of amides is 1. The van der Waals surface area contributed by atoms with E-state index in [0.717, 1.165) is 38.5 Å². The van der Waals surface area contributed by atoms with Crippen molar-refractivity contribution in [2.24, 2.45) is 0 Å². The Bertz CT molecular complexity index is 1400. The molecule has 6 N–H and O–H groups in total. The highest BCUT2D eigenvalue weighted by Gasteiger charge is 2.44. The van der Waals surface area contributed by atoms with Gasteiger partial charge in [-0.25, -0.2) is 0 Å². The van der Waals surface area contributed by atoms with Crippen LogP contribution in [0.4, 0.5) is 0 Å². The molecule has 9 nitrogen and oxygen atoms in total. The molecule has 1 fully saturated rings. The average molecular weight is 1250 g/mol. The lowest BCUT2D eigenvalue weighted by Crippen LogP contribution is -2.60. The van der Waals surface area contributed by atoms with Crippen molar-refractivity contribution in [3.63, 3.8) is 0 Å². The molecule has 0 radical (unpaired) electrons. The van der Waals surface area contributed by atoms with E-state index in [-0.39, 0.29) is 12.5 Å². The average Bonchev–Trinajstić information content (AvgIpc) is 3.29. The summed E-state index contributed by atoms with van der Waals surface area (Å²) < 4.78 is 11.3. The minimum Gasteiger partial charge on any atom is -0.394 e. The van der Waals surface area contributed by atoms with Gasteiger partial charge in [-0.2, -0.15) is 0 Å². The van der Waals surface area contributed by atoms with E-state index in [1.165, 1.54) is 372 Å². The molecule has 1 aliphatic heterocycles. The van der Waals surface area contributed by atoms with Crippen LogP contribution < -0.4 is 5.32 Å². The third kappa shape index (κ3) is 56.5. The van der Waals surface area contributed by atoms with Crippen LogP contribution in [0.2, 0.25) is 0 Å². The van der Waals surface area contributed by atoms with Gasteiger partial charge in [0, 0.05) is 6.42 Å². The zero-order valence-corrected chi connectivity index (χ0v) is 59.0. The molecule has 9 heteroatoms. The quantitative estimate of drug-likeness (QED) is 0.0261. The third-order valence-electron chi connectivity index (χ3n) is 19.6. The predicted molar refractivity (Wildman–Crippen MR) is 378 cm³/mol. The van der Waals surface area contributed by atoms with Gasteiger partial charge in [0.15, 0.2) is 6.29 Å². The molecule has 524 valence electrons. The molecule has 0 spiro atoms. The van der Waals surface area contributed by atoms with E-state index in [1.54, 1.807) is 6.08 Å². The van der Waals surface area contributed by atoms with Crippen molar-refractivity contribution < 1.29 is 39.8 Å². The molecule has 7 atom stereocenters. The van der Waals surface area contributed by atoms with Crippen LogP contribution in [0.15, 0.2) is 12.2 Å². The number of aliphatic hydroxyl groups is 5. The van der Waals surface area contributed by atoms with E-state index in [1.807, 2.05) is 6.08 Å². The predicted octanol–water partition coefficient (Wildman–Crippen LogP) is 22.6. The summed E-state index contributed by atoms with van der Waals surface area (Å²) in [5.74, 6) is -0.165. The van der Waals surface area contributed by atoms with Gasteiger partial charge in [-0.15, -0.1) is 0 Å². The van der Waals surface area contributed by atoms with Crippen molar-refractivity contribution in [2.75, 3.05) is 13.2 Å². The van der Waals surface area contributed by atoms with Crippen molar-refractivity contribution in [1.29, 1.82) is 0 Å². The second-order valence-corrected chi connectivity index (χ2v) is 28.2. The highest BCUT2D eigenvalue weighted by molar-refractivity contribution is 5.76. The van der Waals surface area contributed by atoms with Gasteiger partial charge in [0.2, 0.25) is 5.91 Å². The van der Waals surface area contributed by atoms with E-state index < -0.39 is 49.5 Å². The Balaban J connectivity index is 2.03. The van der Waals surface area contributed by atoms with Crippen LogP contribution in [-0.2, 0) is 14.3 Å². The van der Waals surface area contributed by atoms with Crippen LogP contribution >= 0.6 is 0 Å². The van der Waals surface area contributed by atoms with E-state index >= 15 is 0 Å². The molecule has 7 unspecified atom stereocenters. The van der Waals surface area contributed by atoms with Gasteiger partial charge in [-0.3, -0.25) is 4.79 Å². The summed E-state index contributed by atoms with van der Waals surface area (Å²) in [5.41, 5.74) is 0. The molecular formula is C79H155NO8. The van der Waals surface area contributed by atoms with Crippen molar-refractivity contribution >= 4 is 5.91 Å². The SMILES string of the molecule is CCCCCCCCCCCCCCCCCCCCCCCCC/C=C/C(O)C(COC1OC(CO)C(O)C(O)C1O)NC(=O)CCCCCCCCCCCCCCCCCCCCCCCCCCCCCCCCCCCCCCCCCC. The number of hydrogen-bond donors (Lipinski definition) is 6. The first-order valence-corrected chi connectivity index (χ1v) is 39.9. The second-order valence-electron chi connectivity index (χ2n) is 28.2. The van der Waals surface area contributed by atoms with Gasteiger partial charge in [0.1, 0.15) is 24.4 Å². The Morgan fingerprint density at radius 3 is 0.886 bits per heavy atom. The zero-order chi connectivity index (χ0) is 63.5. The number of aliphatic hydroxyl groups excluding tert-OH is 5. The summed E-state index contributed by atoms with van der Waals surface area (Å²) in [4.78, 5) is 13.2. The van der Waals surface area contributed by atoms with Crippen LogP contribution in [0.1, 0.15) is 431 Å². The summed E-state index contributed by atoms with van der Waals surface area (Å²) in [6.45, 7) is 3.86. The molecule has 1 rings (SSSR count). The van der Waals surface area contributed by atoms with Crippen molar-refractivity contribution in [3.8, 4) is 0 Å². The Kier molecular flexibility index (Phi) is 66.4. The molecule has 0 aromatic heterocycles. The molecule has 0 aliphatic carbocycles. The van der Waals surface area contributed by atoms with Crippen LogP contribution in [0.25, 0.3) is 0 Å². The minimum atomic E-state index is -1.57. The lowest BCUT2D eigenvalue weighted by atomic mass is 9.99. The number of ether oxygens (including phenoxy) is 2. The van der Waals surface area contributed by atoms with E-state index in [0.29, 0.717) is 6.42 Å². The summed E-state index contributed by atoms with van der Waals surface area (Å²) in [5, 5.41) is 54.9. The summed E-state index contributed by atoms with van der Waals surface area (Å²) in [6, 6.07) is -0.803. The number of allylic oxidation sites excluding steroid dienone is 1. The van der Waals surface area contributed by atoms with E-state index in [2.05, 4.69) is 19.2 Å². The van der Waals surface area contributed by atoms with Crippen molar-refractivity contribution in [3.05, 3.63) is 12.2 Å². The number of rotatable bonds is 72. The van der Waals surface area contributed by atoms with Gasteiger partial charge in [-0.05, 0) is 19.3 Å². The first kappa shape index (κ1) is 84.9. The molecule has 1 saturated heterocycles. The fourth-order valence-corrected chi connectivity index (χ4v) is 13.4. The molecule has 1 aliphatic rings. The standard InChI is InChI=1S/C79H155NO8/c1-3-5-7-9-11-13-15-17-19-21-23-25-27-29-30-31-32-33-34-35-36-37-38-39-40-41-42-43-45-47-49-51-53-55-57-59-61-63-65-67-69-75(83)80-72(71-87-79-78(86)77(85)76(84)74(70-81)88-79)73(82)68-66-64-62-60-58-56-54-52-50-48-46-44-28-26-24-22-20-18-16-14-12-10-8-6-4-2/h66,68,72-74,76-79,81-82,84-86H,3-65,67,69-71H2,1-2H3,(H,80,83)/b68-66+. The molecule has 0 aromatic rings. The monoisotopic (exact) mass is 1250 g/mol. The maximum absolute atomic E-state index is 13.2. The van der Waals surface area contributed by atoms with Gasteiger partial charge in [0.25, 0.3) is 0 Å². The van der Waals surface area contributed by atoms with Crippen LogP contribution in [0.5, 0.6) is 0 Å². The largest absolute Gasteiger partial charge is 0.394 e. The molecular weight excluding hydrogens is 1090 g/mol. The number of carbonyl (C=O) groups is 1. The lowest BCUT2D eigenvalue weighted by molar-refractivity contribution is -0.302. The Labute approximate surface area is 547 Å². The van der Waals surface area contributed by atoms with Gasteiger partial charge < -0.3 is 40.3 Å². The summed E-state index contributed by atoms with van der Waals surface area (Å²) >= 11 is 0. The number of nitrogens with one attached hydrogen (secondary N) is 1. The maximum Gasteiger partial charge on any atom is 0.220 e. The fourth-order valence-electron chi connectivity index (χ4n) is 13.4. The number of carbonyl (C=O) groups excluding carboxylic acids is 1. The van der Waals surface area contributed by atoms with Crippen molar-refractivity contribution in [1.82, 2.24) is 5.32 Å². The van der Waals surface area contributed by atoms with Crippen LogP contribution in [0, 0.1) is 0 Å². The molecule has 1 amide bonds. The maximum atomic E-state index is 13.2. The normalized spacial score (nSPS) is 17.8. The van der Waals surface area contributed by atoms with Crippen LogP contribution in [-0.4, -0.2) is 87.5 Å². The van der Waals surface area contributed by atoms with Gasteiger partial charge >= 0.3 is 0 Å². The first-order chi connectivity index (χ1) is 43.3. The Hall–Kier alpha value is -1.07. The van der Waals surface area contributed by atoms with E-state index in [9.17, 15) is 30.3 Å². The van der Waals surface area contributed by atoms with Gasteiger partial charge in [0.05, 0.1) is 25.4 Å². The highest BCUT2D eigenvalue weighted by atomic mass is 16.7. The van der Waals surface area contributed by atoms with Crippen molar-refractivity contribution in [2.45, 2.75) is 474 Å². The fraction of sp³-hybridized carbons (Fsp3) is 0.962. The first-order valence-electron chi connectivity index (χ1n) is 39.9. The Morgan fingerprint density at radius 1 is 0.375 bits per heavy atom. The summed E-state index contributed by atoms with van der Waals surface area (Å²) in [6.07, 6.45) is 83.7. The van der Waals surface area contributed by atoms with Crippen LogP contribution in [0.3, 0.4) is 0 Å².